The summed E-state index contributed by atoms with van der Waals surface area (Å²) in [6, 6.07) is 0.633. The van der Waals surface area contributed by atoms with Gasteiger partial charge in [0.15, 0.2) is 0 Å². The second-order valence-electron chi connectivity index (χ2n) is 5.07. The maximum Gasteiger partial charge on any atom is 0.0335 e. The van der Waals surface area contributed by atoms with E-state index in [9.17, 15) is 0 Å². The third-order valence-electron chi connectivity index (χ3n) is 3.00. The van der Waals surface area contributed by atoms with Crippen LogP contribution >= 0.6 is 0 Å². The maximum absolute atomic E-state index is 5.84. The van der Waals surface area contributed by atoms with E-state index < -0.39 is 0 Å². The van der Waals surface area contributed by atoms with E-state index in [1.54, 1.807) is 0 Å². The molecule has 0 aromatic rings. The minimum atomic E-state index is 0.373. The molecule has 0 aliphatic heterocycles. The van der Waals surface area contributed by atoms with Gasteiger partial charge < -0.3 is 5.73 Å². The Labute approximate surface area is 82.5 Å². The normalized spacial score (nSPS) is 20.3. The lowest BCUT2D eigenvalue weighted by Gasteiger charge is -2.36. The molecule has 0 atom stereocenters. The summed E-state index contributed by atoms with van der Waals surface area (Å²) >= 11 is 0. The van der Waals surface area contributed by atoms with Crippen LogP contribution in [0.4, 0.5) is 0 Å². The van der Waals surface area contributed by atoms with Gasteiger partial charge in [-0.05, 0) is 32.6 Å². The van der Waals surface area contributed by atoms with Gasteiger partial charge in [0, 0.05) is 24.7 Å². The van der Waals surface area contributed by atoms with Crippen LogP contribution in [0.25, 0.3) is 0 Å². The van der Waals surface area contributed by atoms with Gasteiger partial charge in [0.1, 0.15) is 0 Å². The maximum atomic E-state index is 5.84. The van der Waals surface area contributed by atoms with Crippen molar-refractivity contribution in [1.82, 2.24) is 4.90 Å². The van der Waals surface area contributed by atoms with Gasteiger partial charge in [0.2, 0.25) is 0 Å². The van der Waals surface area contributed by atoms with E-state index in [-0.39, 0.29) is 0 Å². The Bertz CT molecular complexity index is 159. The highest BCUT2D eigenvalue weighted by molar-refractivity contribution is 5.05. The summed E-state index contributed by atoms with van der Waals surface area (Å²) in [6.45, 7) is 11.1. The molecule has 1 fully saturated rings. The van der Waals surface area contributed by atoms with E-state index in [2.05, 4.69) is 32.6 Å². The Kier molecular flexibility index (Phi) is 3.36. The molecule has 0 radical (unpaired) electrons. The summed E-state index contributed by atoms with van der Waals surface area (Å²) in [5.74, 6) is 0.742. The monoisotopic (exact) mass is 184 g/mol. The molecule has 1 saturated carbocycles. The first-order chi connectivity index (χ1) is 6.02. The van der Waals surface area contributed by atoms with Crippen LogP contribution in [-0.4, -0.2) is 29.6 Å². The van der Waals surface area contributed by atoms with Crippen molar-refractivity contribution in [2.24, 2.45) is 11.7 Å². The van der Waals surface area contributed by atoms with Gasteiger partial charge in [-0.3, -0.25) is 4.90 Å². The molecule has 1 rings (SSSR count). The van der Waals surface area contributed by atoms with E-state index in [4.69, 9.17) is 5.73 Å². The molecule has 0 heterocycles. The zero-order chi connectivity index (χ0) is 10.1. The Balaban J connectivity index is 2.57. The molecule has 2 heteroatoms. The fourth-order valence-electron chi connectivity index (χ4n) is 2.10. The molecule has 0 aromatic carbocycles. The lowest BCUT2D eigenvalue weighted by molar-refractivity contribution is 0.122. The van der Waals surface area contributed by atoms with Gasteiger partial charge in [-0.15, -0.1) is 0 Å². The van der Waals surface area contributed by atoms with Crippen molar-refractivity contribution in [3.8, 4) is 0 Å². The van der Waals surface area contributed by atoms with Crippen molar-refractivity contribution >= 4 is 0 Å². The van der Waals surface area contributed by atoms with Crippen molar-refractivity contribution < 1.29 is 0 Å². The first-order valence-corrected chi connectivity index (χ1v) is 5.48. The van der Waals surface area contributed by atoms with Gasteiger partial charge >= 0.3 is 0 Å². The van der Waals surface area contributed by atoms with Crippen molar-refractivity contribution in [3.63, 3.8) is 0 Å². The predicted molar refractivity (Wildman–Crippen MR) is 57.7 cm³/mol. The minimum absolute atomic E-state index is 0.373. The molecule has 1 aliphatic rings. The van der Waals surface area contributed by atoms with E-state index >= 15 is 0 Å². The van der Waals surface area contributed by atoms with Gasteiger partial charge in [0.05, 0.1) is 0 Å². The van der Waals surface area contributed by atoms with E-state index in [0.717, 1.165) is 12.5 Å². The highest BCUT2D eigenvalue weighted by Crippen LogP contribution is 2.42. The van der Waals surface area contributed by atoms with E-state index in [1.165, 1.54) is 19.4 Å². The SMILES string of the molecule is CC(C)CN(C(C)C)C1(CN)CC1. The lowest BCUT2D eigenvalue weighted by atomic mass is 10.1. The Morgan fingerprint density at radius 3 is 2.00 bits per heavy atom. The van der Waals surface area contributed by atoms with Crippen LogP contribution in [0.2, 0.25) is 0 Å². The standard InChI is InChI=1S/C11H24N2/c1-9(2)7-13(10(3)4)11(8-12)5-6-11/h9-10H,5-8,12H2,1-4H3. The van der Waals surface area contributed by atoms with Crippen LogP contribution in [0.15, 0.2) is 0 Å². The summed E-state index contributed by atoms with van der Waals surface area (Å²) in [5, 5.41) is 0. The molecule has 0 unspecified atom stereocenters. The topological polar surface area (TPSA) is 29.3 Å². The number of nitrogens with two attached hydrogens (primary N) is 1. The van der Waals surface area contributed by atoms with Crippen molar-refractivity contribution in [2.45, 2.75) is 52.1 Å². The third kappa shape index (κ3) is 2.44. The highest BCUT2D eigenvalue weighted by atomic mass is 15.3. The van der Waals surface area contributed by atoms with Crippen LogP contribution in [-0.2, 0) is 0 Å². The quantitative estimate of drug-likeness (QED) is 0.706. The van der Waals surface area contributed by atoms with Crippen LogP contribution in [0.3, 0.4) is 0 Å². The number of rotatable bonds is 5. The van der Waals surface area contributed by atoms with Gasteiger partial charge in [-0.1, -0.05) is 13.8 Å². The average molecular weight is 184 g/mol. The van der Waals surface area contributed by atoms with Gasteiger partial charge in [0.25, 0.3) is 0 Å². The molecule has 1 aliphatic carbocycles. The summed E-state index contributed by atoms with van der Waals surface area (Å²) in [7, 11) is 0. The number of hydrogen-bond donors (Lipinski definition) is 1. The van der Waals surface area contributed by atoms with Crippen LogP contribution in [0.5, 0.6) is 0 Å². The number of nitrogens with zero attached hydrogens (tertiary/aromatic N) is 1. The van der Waals surface area contributed by atoms with E-state index in [0.29, 0.717) is 11.6 Å². The average Bonchev–Trinajstić information content (AvgIpc) is 2.80. The van der Waals surface area contributed by atoms with Crippen molar-refractivity contribution in [2.75, 3.05) is 13.1 Å². The molecular formula is C11H24N2. The zero-order valence-corrected chi connectivity index (χ0v) is 9.51. The van der Waals surface area contributed by atoms with Gasteiger partial charge in [-0.2, -0.15) is 0 Å². The smallest absolute Gasteiger partial charge is 0.0335 e. The molecule has 13 heavy (non-hydrogen) atoms. The Hall–Kier alpha value is -0.0800. The van der Waals surface area contributed by atoms with Crippen LogP contribution < -0.4 is 5.73 Å². The second-order valence-corrected chi connectivity index (χ2v) is 5.07. The molecule has 78 valence electrons. The second kappa shape index (κ2) is 3.97. The molecule has 0 bridgehead atoms. The first kappa shape index (κ1) is 11.0. The van der Waals surface area contributed by atoms with Gasteiger partial charge in [-0.25, -0.2) is 0 Å². The Morgan fingerprint density at radius 2 is 1.77 bits per heavy atom. The molecular weight excluding hydrogens is 160 g/mol. The Morgan fingerprint density at radius 1 is 1.23 bits per heavy atom. The molecule has 2 N–H and O–H groups in total. The molecule has 0 aromatic heterocycles. The molecule has 0 amide bonds. The predicted octanol–water partition coefficient (Wildman–Crippen LogP) is 1.84. The molecule has 2 nitrogen and oxygen atoms in total. The first-order valence-electron chi connectivity index (χ1n) is 5.48. The molecule has 0 spiro atoms. The largest absolute Gasteiger partial charge is 0.329 e. The van der Waals surface area contributed by atoms with E-state index in [1.807, 2.05) is 0 Å². The molecule has 0 saturated heterocycles. The minimum Gasteiger partial charge on any atom is -0.329 e. The number of hydrogen-bond acceptors (Lipinski definition) is 2. The highest BCUT2D eigenvalue weighted by Gasteiger charge is 2.47. The fourth-order valence-corrected chi connectivity index (χ4v) is 2.10. The fraction of sp³-hybridized carbons (Fsp3) is 1.00. The van der Waals surface area contributed by atoms with Crippen molar-refractivity contribution in [3.05, 3.63) is 0 Å². The lowest BCUT2D eigenvalue weighted by Crippen LogP contribution is -2.48. The summed E-state index contributed by atoms with van der Waals surface area (Å²) in [4.78, 5) is 2.59. The van der Waals surface area contributed by atoms with Crippen molar-refractivity contribution in [1.29, 1.82) is 0 Å². The summed E-state index contributed by atoms with van der Waals surface area (Å²) < 4.78 is 0. The van der Waals surface area contributed by atoms with Crippen LogP contribution in [0.1, 0.15) is 40.5 Å². The summed E-state index contributed by atoms with van der Waals surface area (Å²) in [5.41, 5.74) is 6.21. The summed E-state index contributed by atoms with van der Waals surface area (Å²) in [6.07, 6.45) is 2.60. The zero-order valence-electron chi connectivity index (χ0n) is 9.51. The third-order valence-corrected chi connectivity index (χ3v) is 3.00. The van der Waals surface area contributed by atoms with Crippen LogP contribution in [0, 0.1) is 5.92 Å².